The Labute approximate surface area is 313 Å². The van der Waals surface area contributed by atoms with Crippen molar-refractivity contribution in [2.45, 2.75) is 108 Å². The summed E-state index contributed by atoms with van der Waals surface area (Å²) in [6.45, 7) is 16.3. The number of benzene rings is 2. The maximum absolute atomic E-state index is 11.5. The number of rotatable bonds is 20. The van der Waals surface area contributed by atoms with Crippen molar-refractivity contribution >= 4 is 45.7 Å². The van der Waals surface area contributed by atoms with Crippen LogP contribution >= 0.6 is 0 Å². The highest BCUT2D eigenvalue weighted by Gasteiger charge is 2.55. The molecule has 15 heteroatoms. The highest BCUT2D eigenvalue weighted by Crippen LogP contribution is 2.41. The van der Waals surface area contributed by atoms with Gasteiger partial charge in [-0.3, -0.25) is 9.59 Å². The van der Waals surface area contributed by atoms with E-state index in [-0.39, 0.29) is 24.1 Å². The molecular weight excluding hydrogens is 733 g/mol. The Morgan fingerprint density at radius 2 is 1.04 bits per heavy atom. The minimum absolute atomic E-state index is 0.239. The van der Waals surface area contributed by atoms with Gasteiger partial charge in [0.1, 0.15) is 23.7 Å². The molecule has 2 aromatic carbocycles. The minimum Gasteiger partial charge on any atom is -0.436 e. The fourth-order valence-corrected chi connectivity index (χ4v) is 35.6. The summed E-state index contributed by atoms with van der Waals surface area (Å²) in [6.07, 6.45) is 3.94. The van der Waals surface area contributed by atoms with Crippen LogP contribution in [0.15, 0.2) is 48.5 Å². The van der Waals surface area contributed by atoms with E-state index in [1.54, 1.807) is 0 Å². The van der Waals surface area contributed by atoms with Crippen molar-refractivity contribution in [1.29, 1.82) is 0 Å². The molecule has 0 radical (unpaired) electrons. The molecule has 3 aliphatic rings. The molecule has 0 spiro atoms. The molecule has 52 heavy (non-hydrogen) atoms. The highest BCUT2D eigenvalue weighted by molar-refractivity contribution is 7.00. The average Bonchev–Trinajstić information content (AvgIpc) is 3.99. The highest BCUT2D eigenvalue weighted by atomic mass is 28.5. The van der Waals surface area contributed by atoms with Gasteiger partial charge >= 0.3 is 29.1 Å². The predicted octanol–water partition coefficient (Wildman–Crippen LogP) is 6.83. The topological polar surface area (TPSA) is 124 Å². The summed E-state index contributed by atoms with van der Waals surface area (Å²) >= 11 is 0. The predicted molar refractivity (Wildman–Crippen MR) is 207 cm³/mol. The van der Waals surface area contributed by atoms with E-state index in [0.717, 1.165) is 74.3 Å². The Morgan fingerprint density at radius 3 is 1.50 bits per heavy atom. The van der Waals surface area contributed by atoms with E-state index in [1.165, 1.54) is 19.4 Å². The molecule has 2 aromatic rings. The van der Waals surface area contributed by atoms with Gasteiger partial charge in [0, 0.05) is 27.1 Å². The van der Waals surface area contributed by atoms with Gasteiger partial charge in [0.25, 0.3) is 0 Å². The van der Waals surface area contributed by atoms with E-state index in [4.69, 9.17) is 40.8 Å². The molecule has 0 N–H and O–H groups in total. The van der Waals surface area contributed by atoms with E-state index in [1.807, 2.05) is 48.5 Å². The van der Waals surface area contributed by atoms with Gasteiger partial charge in [-0.1, -0.05) is 24.3 Å². The van der Waals surface area contributed by atoms with Crippen LogP contribution in [0.3, 0.4) is 0 Å². The van der Waals surface area contributed by atoms with Crippen LogP contribution in [-0.4, -0.2) is 97.5 Å². The lowest BCUT2D eigenvalue weighted by molar-refractivity contribution is -0.132. The molecule has 3 heterocycles. The quantitative estimate of drug-likeness (QED) is 0.0461. The zero-order chi connectivity index (χ0) is 37.2. The SMILES string of the molecule is CC(=O)Oc1ccc(CC[Si]2(C)C[Si](C)(CCCOCC3CO3)O[Si](C)(CCc3ccc(OC(C)=O)cc3)O[Si](C)(CCCOC[C@@H]3CO3)O2)cc1. The number of aryl methyl sites for hydroxylation is 2. The molecule has 5 unspecified atom stereocenters. The first-order valence-corrected chi connectivity index (χ1v) is 29.4. The summed E-state index contributed by atoms with van der Waals surface area (Å²) < 4.78 is 55.7. The lowest BCUT2D eigenvalue weighted by Gasteiger charge is -2.51. The van der Waals surface area contributed by atoms with E-state index in [2.05, 4.69) is 26.2 Å². The Bertz CT molecular complexity index is 1330. The van der Waals surface area contributed by atoms with Gasteiger partial charge in [0.2, 0.25) is 0 Å². The maximum atomic E-state index is 11.5. The largest absolute Gasteiger partial charge is 0.436 e. The normalized spacial score (nSPS) is 29.9. The number of hydrogen-bond donors (Lipinski definition) is 0. The molecule has 5 rings (SSSR count). The first kappa shape index (κ1) is 41.1. The van der Waals surface area contributed by atoms with Crippen LogP contribution in [0.4, 0.5) is 0 Å². The fraction of sp³-hybridized carbons (Fsp3) is 0.622. The molecule has 0 bridgehead atoms. The molecule has 6 atom stereocenters. The number of hydrogen-bond acceptors (Lipinski definition) is 11. The van der Waals surface area contributed by atoms with Crippen molar-refractivity contribution in [3.8, 4) is 11.5 Å². The van der Waals surface area contributed by atoms with Crippen LogP contribution in [0.1, 0.15) is 37.8 Å². The summed E-state index contributed by atoms with van der Waals surface area (Å²) in [6, 6.07) is 19.1. The maximum Gasteiger partial charge on any atom is 0.316 e. The van der Waals surface area contributed by atoms with Crippen molar-refractivity contribution in [3.05, 3.63) is 59.7 Å². The molecule has 0 aliphatic carbocycles. The second-order valence-corrected chi connectivity index (χ2v) is 31.6. The molecule has 288 valence electrons. The summed E-state index contributed by atoms with van der Waals surface area (Å²) in [7, 11) is -10.3. The number of carbonyl (C=O) groups is 2. The van der Waals surface area contributed by atoms with Gasteiger partial charge in [-0.25, -0.2) is 0 Å². The summed E-state index contributed by atoms with van der Waals surface area (Å²) in [4.78, 5) is 22.9. The fourth-order valence-electron chi connectivity index (χ4n) is 7.25. The Morgan fingerprint density at radius 1 is 0.615 bits per heavy atom. The molecule has 0 aromatic heterocycles. The van der Waals surface area contributed by atoms with Crippen molar-refractivity contribution in [2.75, 3.05) is 39.6 Å². The van der Waals surface area contributed by atoms with Crippen LogP contribution in [0.2, 0.25) is 56.0 Å². The molecule has 3 aliphatic heterocycles. The Hall–Kier alpha value is -2.03. The Kier molecular flexibility index (Phi) is 14.7. The zero-order valence-electron chi connectivity index (χ0n) is 31.9. The molecule has 11 nitrogen and oxygen atoms in total. The van der Waals surface area contributed by atoms with Crippen LogP contribution in [0, 0.1) is 0 Å². The molecular formula is C37H58O11Si4. The second kappa shape index (κ2) is 18.5. The second-order valence-electron chi connectivity index (χ2n) is 15.4. The smallest absolute Gasteiger partial charge is 0.316 e. The van der Waals surface area contributed by atoms with Crippen molar-refractivity contribution in [1.82, 2.24) is 0 Å². The summed E-state index contributed by atoms with van der Waals surface area (Å²) in [5.41, 5.74) is 3.32. The van der Waals surface area contributed by atoms with Gasteiger partial charge in [-0.2, -0.15) is 0 Å². The third kappa shape index (κ3) is 14.3. The first-order valence-electron chi connectivity index (χ1n) is 18.8. The number of esters is 2. The first-order chi connectivity index (χ1) is 24.7. The molecule has 0 saturated carbocycles. The number of epoxide rings is 2. The van der Waals surface area contributed by atoms with Gasteiger partial charge in [-0.05, 0) is 117 Å². The van der Waals surface area contributed by atoms with E-state index < -0.39 is 33.8 Å². The van der Waals surface area contributed by atoms with E-state index >= 15 is 0 Å². The number of ether oxygens (including phenoxy) is 6. The van der Waals surface area contributed by atoms with Gasteiger partial charge in [0.05, 0.1) is 26.4 Å². The van der Waals surface area contributed by atoms with Gasteiger partial charge < -0.3 is 40.8 Å². The van der Waals surface area contributed by atoms with Crippen molar-refractivity contribution in [2.24, 2.45) is 0 Å². The Balaban J connectivity index is 1.34. The summed E-state index contributed by atoms with van der Waals surface area (Å²) in [5, 5.41) is 0. The average molecular weight is 791 g/mol. The van der Waals surface area contributed by atoms with E-state index in [9.17, 15) is 9.59 Å². The summed E-state index contributed by atoms with van der Waals surface area (Å²) in [5.74, 6) is 0.443. The molecule has 3 saturated heterocycles. The van der Waals surface area contributed by atoms with Crippen molar-refractivity contribution < 1.29 is 50.4 Å². The molecule has 3 fully saturated rings. The van der Waals surface area contributed by atoms with Crippen LogP contribution in [-0.2, 0) is 53.7 Å². The lowest BCUT2D eigenvalue weighted by Crippen LogP contribution is -2.65. The monoisotopic (exact) mass is 790 g/mol. The van der Waals surface area contributed by atoms with Crippen LogP contribution in [0.25, 0.3) is 0 Å². The van der Waals surface area contributed by atoms with Gasteiger partial charge in [0.15, 0.2) is 16.6 Å². The third-order valence-electron chi connectivity index (χ3n) is 9.61. The van der Waals surface area contributed by atoms with Crippen LogP contribution in [0.5, 0.6) is 11.5 Å². The lowest BCUT2D eigenvalue weighted by atomic mass is 10.2. The van der Waals surface area contributed by atoms with Crippen LogP contribution < -0.4 is 9.47 Å². The number of carbonyl (C=O) groups excluding carboxylic acids is 2. The van der Waals surface area contributed by atoms with Crippen molar-refractivity contribution in [3.63, 3.8) is 0 Å². The molecule has 0 amide bonds. The minimum atomic E-state index is -2.76. The zero-order valence-corrected chi connectivity index (χ0v) is 35.9. The third-order valence-corrected chi connectivity index (χ3v) is 31.6. The van der Waals surface area contributed by atoms with Gasteiger partial charge in [-0.15, -0.1) is 0 Å². The standard InChI is InChI=1S/C37H58O11Si4/c1-30(38)44-34-13-9-32(10-14-34)17-23-50(4)29-49(3,21-7-19-40-25-36-27-42-36)46-52(6,24-18-33-11-15-35(16-12-33)45-31(2)39)48-51(5,47-50)22-8-20-41-26-37-28-43-37/h9-16,36-37H,7-8,17-29H2,1-6H3/t36?,37-,49?,50?,51?,52?/m1/s1. The van der Waals surface area contributed by atoms with E-state index in [0.29, 0.717) is 37.9 Å².